The fourth-order valence-corrected chi connectivity index (χ4v) is 12.2. The molecule has 8 aromatic rings. The summed E-state index contributed by atoms with van der Waals surface area (Å²) in [5.74, 6) is 0. The van der Waals surface area contributed by atoms with Gasteiger partial charge in [0.05, 0.1) is 0 Å². The van der Waals surface area contributed by atoms with Gasteiger partial charge < -0.3 is 0 Å². The third kappa shape index (κ3) is 6.43. The minimum Gasteiger partial charge on any atom is -0.0654 e. The van der Waals surface area contributed by atoms with Gasteiger partial charge in [-0.15, -0.1) is 0 Å². The maximum Gasteiger partial charge on any atom is -0.000883 e. The normalized spacial score (nSPS) is 11.5. The van der Waals surface area contributed by atoms with Gasteiger partial charge in [0.2, 0.25) is 0 Å². The lowest BCUT2D eigenvalue weighted by Crippen LogP contribution is -2.26. The average Bonchev–Trinajstić information content (AvgIpc) is 3.19. The Hall–Kier alpha value is -4.86. The van der Waals surface area contributed by atoms with Crippen molar-refractivity contribution in [2.45, 2.75) is 26.2 Å². The second-order valence-electron chi connectivity index (χ2n) is 12.8. The van der Waals surface area contributed by atoms with Gasteiger partial charge in [0.15, 0.2) is 0 Å². The predicted molar refractivity (Wildman–Crippen MR) is 223 cm³/mol. The van der Waals surface area contributed by atoms with E-state index in [1.54, 1.807) is 0 Å². The zero-order valence-electron chi connectivity index (χ0n) is 28.4. The van der Waals surface area contributed by atoms with Crippen LogP contribution in [0.4, 0.5) is 0 Å². The summed E-state index contributed by atoms with van der Waals surface area (Å²) in [5.41, 5.74) is 4.15. The molecule has 0 nitrogen and oxygen atoms in total. The Morgan fingerprint density at radius 1 is 0.380 bits per heavy atom. The summed E-state index contributed by atoms with van der Waals surface area (Å²) in [6, 6.07) is 70.6. The monoisotopic (exact) mass is 678 g/mol. The van der Waals surface area contributed by atoms with E-state index in [1.165, 1.54) is 82.9 Å². The minimum absolute atomic E-state index is 0.866. The minimum atomic E-state index is -0.869. The molecule has 0 spiro atoms. The quantitative estimate of drug-likeness (QED) is 0.126. The Bertz CT molecular complexity index is 2270. The van der Waals surface area contributed by atoms with Gasteiger partial charge in [-0.25, -0.2) is 0 Å². The maximum atomic E-state index is 2.46. The van der Waals surface area contributed by atoms with Crippen LogP contribution in [0.5, 0.6) is 0 Å². The highest BCUT2D eigenvalue weighted by atomic mass is 31.1. The number of rotatable bonds is 10. The zero-order valence-corrected chi connectivity index (χ0v) is 30.2. The van der Waals surface area contributed by atoms with Gasteiger partial charge in [0, 0.05) is 0 Å². The van der Waals surface area contributed by atoms with Crippen LogP contribution in [0.3, 0.4) is 0 Å². The molecule has 0 fully saturated rings. The fourth-order valence-electron chi connectivity index (χ4n) is 7.23. The number of benzene rings is 8. The summed E-state index contributed by atoms with van der Waals surface area (Å²) in [6.45, 7) is 2.28. The van der Waals surface area contributed by atoms with E-state index >= 15 is 0 Å². The largest absolute Gasteiger partial charge is 0.0654 e. The molecule has 0 heterocycles. The lowest BCUT2D eigenvalue weighted by molar-refractivity contribution is 0.796. The molecule has 0 aliphatic rings. The van der Waals surface area contributed by atoms with Crippen LogP contribution >= 0.6 is 15.8 Å². The van der Waals surface area contributed by atoms with E-state index in [4.69, 9.17) is 0 Å². The summed E-state index contributed by atoms with van der Waals surface area (Å²) in [4.78, 5) is 0. The Kier molecular flexibility index (Phi) is 9.67. The van der Waals surface area contributed by atoms with Crippen molar-refractivity contribution in [1.29, 1.82) is 0 Å². The lowest BCUT2D eigenvalue weighted by Gasteiger charge is -2.28. The third-order valence-corrected chi connectivity index (χ3v) is 14.5. The van der Waals surface area contributed by atoms with Crippen molar-refractivity contribution in [2.75, 3.05) is 0 Å². The second-order valence-corrected chi connectivity index (χ2v) is 17.2. The van der Waals surface area contributed by atoms with E-state index in [0.29, 0.717) is 0 Å². The molecule has 0 amide bonds. The Balaban J connectivity index is 1.51. The molecule has 50 heavy (non-hydrogen) atoms. The molecule has 0 saturated carbocycles. The number of fused-ring (bicyclic) bond motifs is 2. The Morgan fingerprint density at radius 2 is 0.800 bits per heavy atom. The molecular formula is C48H40P2. The van der Waals surface area contributed by atoms with Gasteiger partial charge in [-0.3, -0.25) is 0 Å². The van der Waals surface area contributed by atoms with Crippen molar-refractivity contribution in [2.24, 2.45) is 0 Å². The zero-order chi connectivity index (χ0) is 33.7. The highest BCUT2D eigenvalue weighted by Gasteiger charge is 2.28. The van der Waals surface area contributed by atoms with Crippen molar-refractivity contribution in [3.05, 3.63) is 194 Å². The molecule has 8 aromatic carbocycles. The number of hydrogen-bond acceptors (Lipinski definition) is 0. The maximum absolute atomic E-state index is 2.46. The van der Waals surface area contributed by atoms with E-state index in [0.717, 1.165) is 6.42 Å². The summed E-state index contributed by atoms with van der Waals surface area (Å²) in [5, 5.41) is 13.5. The first kappa shape index (κ1) is 32.4. The highest BCUT2D eigenvalue weighted by Crippen LogP contribution is 2.45. The summed E-state index contributed by atoms with van der Waals surface area (Å²) in [7, 11) is -1.74. The van der Waals surface area contributed by atoms with Crippen LogP contribution in [0, 0.1) is 0 Å². The summed E-state index contributed by atoms with van der Waals surface area (Å²) in [6.07, 6.45) is 3.51. The summed E-state index contributed by atoms with van der Waals surface area (Å²) < 4.78 is 0. The van der Waals surface area contributed by atoms with Crippen molar-refractivity contribution in [1.82, 2.24) is 0 Å². The standard InChI is InChI=1S/C48H40P2/c1-2-3-18-36-29-32-44-38(35-36)31-34-46(50(41-24-12-6-13-25-41)42-26-14-7-15-27-42)48(44)47-43-28-17-16-19-37(43)30-33-45(47)49(39-20-8-4-9-21-39)40-22-10-5-11-23-40/h4-17,19-35H,2-3,18H2,1H3. The molecule has 0 aliphatic carbocycles. The van der Waals surface area contributed by atoms with Crippen LogP contribution in [0.25, 0.3) is 32.7 Å². The molecule has 8 rings (SSSR count). The van der Waals surface area contributed by atoms with Gasteiger partial charge in [-0.1, -0.05) is 201 Å². The van der Waals surface area contributed by atoms with Gasteiger partial charge in [0.25, 0.3) is 0 Å². The van der Waals surface area contributed by atoms with Crippen LogP contribution in [0.2, 0.25) is 0 Å². The molecule has 0 N–H and O–H groups in total. The molecule has 0 saturated heterocycles. The molecule has 0 atom stereocenters. The molecule has 0 bridgehead atoms. The smallest absolute Gasteiger partial charge is 0.000883 e. The average molecular weight is 679 g/mol. The van der Waals surface area contributed by atoms with Gasteiger partial charge in [-0.2, -0.15) is 0 Å². The molecule has 0 unspecified atom stereocenters. The SMILES string of the molecule is CCCCc1ccc2c(-c3c(P(c4ccccc4)c4ccccc4)ccc4ccccc34)c(P(c3ccccc3)c3ccccc3)ccc2c1. The van der Waals surface area contributed by atoms with E-state index in [2.05, 4.69) is 195 Å². The van der Waals surface area contributed by atoms with Crippen LogP contribution < -0.4 is 31.8 Å². The van der Waals surface area contributed by atoms with Gasteiger partial charge in [-0.05, 0) is 98.7 Å². The lowest BCUT2D eigenvalue weighted by atomic mass is 9.92. The molecular weight excluding hydrogens is 638 g/mol. The molecule has 2 heteroatoms. The van der Waals surface area contributed by atoms with Crippen LogP contribution in [-0.4, -0.2) is 0 Å². The van der Waals surface area contributed by atoms with E-state index in [9.17, 15) is 0 Å². The topological polar surface area (TPSA) is 0 Å². The summed E-state index contributed by atoms with van der Waals surface area (Å²) >= 11 is 0. The Labute approximate surface area is 299 Å². The van der Waals surface area contributed by atoms with Crippen LogP contribution in [-0.2, 0) is 6.42 Å². The van der Waals surface area contributed by atoms with E-state index in [-0.39, 0.29) is 0 Å². The molecule has 0 aliphatic heterocycles. The molecule has 0 radical (unpaired) electrons. The number of unbranched alkanes of at least 4 members (excludes halogenated alkanes) is 1. The second kappa shape index (κ2) is 14.9. The van der Waals surface area contributed by atoms with E-state index in [1.807, 2.05) is 0 Å². The first-order valence-electron chi connectivity index (χ1n) is 17.7. The van der Waals surface area contributed by atoms with Crippen molar-refractivity contribution >= 4 is 69.2 Å². The first-order chi connectivity index (χ1) is 24.8. The Morgan fingerprint density at radius 3 is 1.28 bits per heavy atom. The van der Waals surface area contributed by atoms with Crippen molar-refractivity contribution in [3.63, 3.8) is 0 Å². The van der Waals surface area contributed by atoms with Crippen LogP contribution in [0.15, 0.2) is 188 Å². The first-order valence-corrected chi connectivity index (χ1v) is 20.4. The van der Waals surface area contributed by atoms with Crippen molar-refractivity contribution < 1.29 is 0 Å². The third-order valence-electron chi connectivity index (χ3n) is 9.58. The van der Waals surface area contributed by atoms with E-state index < -0.39 is 15.8 Å². The van der Waals surface area contributed by atoms with Crippen molar-refractivity contribution in [3.8, 4) is 11.1 Å². The fraction of sp³-hybridized carbons (Fsp3) is 0.0833. The van der Waals surface area contributed by atoms with Gasteiger partial charge >= 0.3 is 0 Å². The van der Waals surface area contributed by atoms with Gasteiger partial charge in [0.1, 0.15) is 0 Å². The van der Waals surface area contributed by atoms with Crippen LogP contribution in [0.1, 0.15) is 25.3 Å². The predicted octanol–water partition coefficient (Wildman–Crippen LogP) is 10.5. The number of hydrogen-bond donors (Lipinski definition) is 0. The highest BCUT2D eigenvalue weighted by molar-refractivity contribution is 7.80. The molecule has 242 valence electrons. The number of aryl methyl sites for hydroxylation is 1. The molecule has 0 aromatic heterocycles.